The average Bonchev–Trinajstić information content (AvgIpc) is 2.93. The van der Waals surface area contributed by atoms with E-state index in [-0.39, 0.29) is 5.82 Å². The van der Waals surface area contributed by atoms with Crippen molar-refractivity contribution in [2.24, 2.45) is 17.8 Å². The van der Waals surface area contributed by atoms with Crippen molar-refractivity contribution in [3.05, 3.63) is 35.6 Å². The minimum absolute atomic E-state index is 0.0423. The van der Waals surface area contributed by atoms with Gasteiger partial charge in [-0.1, -0.05) is 57.7 Å². The van der Waals surface area contributed by atoms with Gasteiger partial charge < -0.3 is 5.32 Å². The van der Waals surface area contributed by atoms with Crippen molar-refractivity contribution in [3.63, 3.8) is 0 Å². The summed E-state index contributed by atoms with van der Waals surface area (Å²) in [6.07, 6.45) is 6.22. The maximum Gasteiger partial charge on any atom is 0.126 e. The molecular formula is C18H28FN. The normalized spacial score (nSPS) is 17.8. The smallest absolute Gasteiger partial charge is 0.126 e. The van der Waals surface area contributed by atoms with Crippen molar-refractivity contribution in [3.8, 4) is 0 Å². The van der Waals surface area contributed by atoms with E-state index in [4.69, 9.17) is 0 Å². The highest BCUT2D eigenvalue weighted by atomic mass is 19.1. The lowest BCUT2D eigenvalue weighted by atomic mass is 9.85. The molecule has 2 rings (SSSR count). The molecule has 1 atom stereocenters. The first-order valence-corrected chi connectivity index (χ1v) is 8.11. The van der Waals surface area contributed by atoms with Crippen LogP contribution in [0.4, 0.5) is 4.39 Å². The molecule has 0 bridgehead atoms. The summed E-state index contributed by atoms with van der Waals surface area (Å²) >= 11 is 0. The monoisotopic (exact) mass is 277 g/mol. The summed E-state index contributed by atoms with van der Waals surface area (Å²) in [4.78, 5) is 0. The third kappa shape index (κ3) is 4.59. The molecule has 0 aliphatic heterocycles. The molecule has 1 aliphatic carbocycles. The second kappa shape index (κ2) is 7.78. The third-order valence-electron chi connectivity index (χ3n) is 4.47. The number of nitrogens with one attached hydrogen (secondary N) is 1. The first-order valence-electron chi connectivity index (χ1n) is 8.11. The SMILES string of the molecule is CC(C)CNCC(Cc1ccccc1F)C1CCCC1. The van der Waals surface area contributed by atoms with Crippen LogP contribution in [0.25, 0.3) is 0 Å². The van der Waals surface area contributed by atoms with Gasteiger partial charge in [-0.05, 0) is 48.9 Å². The van der Waals surface area contributed by atoms with Crippen molar-refractivity contribution in [1.82, 2.24) is 5.32 Å². The van der Waals surface area contributed by atoms with Crippen molar-refractivity contribution >= 4 is 0 Å². The largest absolute Gasteiger partial charge is 0.316 e. The summed E-state index contributed by atoms with van der Waals surface area (Å²) in [5, 5.41) is 3.58. The molecule has 1 fully saturated rings. The van der Waals surface area contributed by atoms with E-state index in [1.165, 1.54) is 25.7 Å². The van der Waals surface area contributed by atoms with Crippen LogP contribution in [0.15, 0.2) is 24.3 Å². The summed E-state index contributed by atoms with van der Waals surface area (Å²) < 4.78 is 13.9. The highest BCUT2D eigenvalue weighted by Crippen LogP contribution is 2.33. The van der Waals surface area contributed by atoms with Crippen molar-refractivity contribution in [2.75, 3.05) is 13.1 Å². The van der Waals surface area contributed by atoms with Crippen molar-refractivity contribution < 1.29 is 4.39 Å². The Balaban J connectivity index is 1.96. The zero-order chi connectivity index (χ0) is 14.4. The molecule has 0 saturated heterocycles. The minimum atomic E-state index is -0.0423. The van der Waals surface area contributed by atoms with Gasteiger partial charge in [-0.3, -0.25) is 0 Å². The molecule has 1 saturated carbocycles. The van der Waals surface area contributed by atoms with Gasteiger partial charge >= 0.3 is 0 Å². The summed E-state index contributed by atoms with van der Waals surface area (Å²) in [5.74, 6) is 1.98. The van der Waals surface area contributed by atoms with Gasteiger partial charge in [0.2, 0.25) is 0 Å². The topological polar surface area (TPSA) is 12.0 Å². The van der Waals surface area contributed by atoms with Crippen LogP contribution in [0.3, 0.4) is 0 Å². The maximum absolute atomic E-state index is 13.9. The van der Waals surface area contributed by atoms with E-state index in [9.17, 15) is 4.39 Å². The summed E-state index contributed by atoms with van der Waals surface area (Å²) in [6.45, 7) is 6.54. The van der Waals surface area contributed by atoms with Gasteiger partial charge in [-0.25, -0.2) is 4.39 Å². The lowest BCUT2D eigenvalue weighted by molar-refractivity contribution is 0.313. The summed E-state index contributed by atoms with van der Waals surface area (Å²) in [5.41, 5.74) is 0.885. The summed E-state index contributed by atoms with van der Waals surface area (Å²) in [6, 6.07) is 7.26. The van der Waals surface area contributed by atoms with E-state index in [0.29, 0.717) is 11.8 Å². The second-order valence-corrected chi connectivity index (χ2v) is 6.65. The predicted molar refractivity (Wildman–Crippen MR) is 83.3 cm³/mol. The number of rotatable bonds is 7. The van der Waals surface area contributed by atoms with Gasteiger partial charge in [0.25, 0.3) is 0 Å². The van der Waals surface area contributed by atoms with Crippen molar-refractivity contribution in [2.45, 2.75) is 46.0 Å². The fraction of sp³-hybridized carbons (Fsp3) is 0.667. The summed E-state index contributed by atoms with van der Waals surface area (Å²) in [7, 11) is 0. The predicted octanol–water partition coefficient (Wildman–Crippen LogP) is 4.42. The Labute approximate surface area is 123 Å². The Hall–Kier alpha value is -0.890. The second-order valence-electron chi connectivity index (χ2n) is 6.65. The van der Waals surface area contributed by atoms with Crippen LogP contribution >= 0.6 is 0 Å². The first-order chi connectivity index (χ1) is 9.66. The fourth-order valence-electron chi connectivity index (χ4n) is 3.34. The van der Waals surface area contributed by atoms with Crippen LogP contribution in [-0.2, 0) is 6.42 Å². The van der Waals surface area contributed by atoms with Crippen LogP contribution in [-0.4, -0.2) is 13.1 Å². The molecule has 1 aromatic carbocycles. The van der Waals surface area contributed by atoms with Gasteiger partial charge in [0.05, 0.1) is 0 Å². The highest BCUT2D eigenvalue weighted by molar-refractivity contribution is 5.18. The molecular weight excluding hydrogens is 249 g/mol. The molecule has 0 amide bonds. The number of hydrogen-bond donors (Lipinski definition) is 1. The molecule has 0 aromatic heterocycles. The Bertz CT molecular complexity index is 396. The van der Waals surface area contributed by atoms with Gasteiger partial charge in [0, 0.05) is 0 Å². The van der Waals surface area contributed by atoms with Gasteiger partial charge in [0.1, 0.15) is 5.82 Å². The molecule has 0 spiro atoms. The van der Waals surface area contributed by atoms with Gasteiger partial charge in [-0.15, -0.1) is 0 Å². The lowest BCUT2D eigenvalue weighted by Gasteiger charge is -2.25. The van der Waals surface area contributed by atoms with Crippen LogP contribution in [0, 0.1) is 23.6 Å². The fourth-order valence-corrected chi connectivity index (χ4v) is 3.34. The maximum atomic E-state index is 13.9. The highest BCUT2D eigenvalue weighted by Gasteiger charge is 2.25. The van der Waals surface area contributed by atoms with E-state index in [2.05, 4.69) is 19.2 Å². The van der Waals surface area contributed by atoms with Crippen LogP contribution < -0.4 is 5.32 Å². The van der Waals surface area contributed by atoms with E-state index in [0.717, 1.165) is 31.0 Å². The average molecular weight is 277 g/mol. The molecule has 1 nitrogen and oxygen atoms in total. The molecule has 1 N–H and O–H groups in total. The quantitative estimate of drug-likeness (QED) is 0.778. The first kappa shape index (κ1) is 15.5. The molecule has 1 aromatic rings. The lowest BCUT2D eigenvalue weighted by Crippen LogP contribution is -2.31. The van der Waals surface area contributed by atoms with Crippen LogP contribution in [0.5, 0.6) is 0 Å². The van der Waals surface area contributed by atoms with E-state index >= 15 is 0 Å². The Kier molecular flexibility index (Phi) is 6.03. The zero-order valence-corrected chi connectivity index (χ0v) is 12.9. The Morgan fingerprint density at radius 3 is 2.50 bits per heavy atom. The van der Waals surface area contributed by atoms with E-state index in [1.54, 1.807) is 12.1 Å². The molecule has 0 heterocycles. The van der Waals surface area contributed by atoms with Gasteiger partial charge in [-0.2, -0.15) is 0 Å². The third-order valence-corrected chi connectivity index (χ3v) is 4.47. The molecule has 1 unspecified atom stereocenters. The zero-order valence-electron chi connectivity index (χ0n) is 12.9. The van der Waals surface area contributed by atoms with Crippen molar-refractivity contribution in [1.29, 1.82) is 0 Å². The molecule has 0 radical (unpaired) electrons. The minimum Gasteiger partial charge on any atom is -0.316 e. The standard InChI is InChI=1S/C18H28FN/c1-14(2)12-20-13-17(15-7-3-4-8-15)11-16-9-5-6-10-18(16)19/h5-6,9-10,14-15,17,20H,3-4,7-8,11-13H2,1-2H3. The number of hydrogen-bond acceptors (Lipinski definition) is 1. The molecule has 2 heteroatoms. The van der Waals surface area contributed by atoms with Gasteiger partial charge in [0.15, 0.2) is 0 Å². The molecule has 20 heavy (non-hydrogen) atoms. The number of halogens is 1. The van der Waals surface area contributed by atoms with Crippen LogP contribution in [0.1, 0.15) is 45.1 Å². The Morgan fingerprint density at radius 1 is 1.15 bits per heavy atom. The molecule has 112 valence electrons. The number of benzene rings is 1. The van der Waals surface area contributed by atoms with E-state index in [1.807, 2.05) is 12.1 Å². The van der Waals surface area contributed by atoms with E-state index < -0.39 is 0 Å². The molecule has 1 aliphatic rings. The Morgan fingerprint density at radius 2 is 1.85 bits per heavy atom. The van der Waals surface area contributed by atoms with Crippen LogP contribution in [0.2, 0.25) is 0 Å².